The van der Waals surface area contributed by atoms with Crippen molar-refractivity contribution in [1.82, 2.24) is 0 Å². The summed E-state index contributed by atoms with van der Waals surface area (Å²) < 4.78 is 5.27. The molecule has 0 spiro atoms. The molecule has 4 heteroatoms. The molecule has 2 N–H and O–H groups in total. The summed E-state index contributed by atoms with van der Waals surface area (Å²) in [6, 6.07) is 22.5. The van der Waals surface area contributed by atoms with E-state index in [4.69, 9.17) is 10.2 Å². The van der Waals surface area contributed by atoms with Crippen molar-refractivity contribution in [2.45, 2.75) is 6.54 Å². The van der Waals surface area contributed by atoms with E-state index in [1.807, 2.05) is 60.7 Å². The lowest BCUT2D eigenvalue weighted by atomic mass is 10.2. The first-order valence-electron chi connectivity index (χ1n) is 7.00. The summed E-state index contributed by atoms with van der Waals surface area (Å²) in [5.74, 6) is 0.250. The Balaban J connectivity index is 1.94. The van der Waals surface area contributed by atoms with Crippen LogP contribution < -0.4 is 10.6 Å². The number of furan rings is 1. The van der Waals surface area contributed by atoms with Gasteiger partial charge in [-0.1, -0.05) is 48.5 Å². The highest BCUT2D eigenvalue weighted by Gasteiger charge is 2.20. The maximum Gasteiger partial charge on any atom is 0.294 e. The zero-order valence-corrected chi connectivity index (χ0v) is 12.0. The standard InChI is InChI=1S/C18H16N2O2/c19-17-12-11-16(22-17)18(21)20(15-9-5-2-6-10-15)13-14-7-3-1-4-8-14/h1-12H,13,19H2. The topological polar surface area (TPSA) is 59.5 Å². The molecule has 3 rings (SSSR count). The van der Waals surface area contributed by atoms with E-state index in [2.05, 4.69) is 0 Å². The van der Waals surface area contributed by atoms with Crippen LogP contribution in [0.25, 0.3) is 0 Å². The fraction of sp³-hybridized carbons (Fsp3) is 0.0556. The Morgan fingerprint density at radius 2 is 1.55 bits per heavy atom. The van der Waals surface area contributed by atoms with E-state index < -0.39 is 0 Å². The number of hydrogen-bond donors (Lipinski definition) is 1. The summed E-state index contributed by atoms with van der Waals surface area (Å²) >= 11 is 0. The van der Waals surface area contributed by atoms with E-state index in [0.717, 1.165) is 11.3 Å². The summed E-state index contributed by atoms with van der Waals surface area (Å²) in [5.41, 5.74) is 7.42. The third kappa shape index (κ3) is 3.01. The lowest BCUT2D eigenvalue weighted by Gasteiger charge is -2.22. The molecule has 1 amide bonds. The van der Waals surface area contributed by atoms with Gasteiger partial charge in [0.15, 0.2) is 11.6 Å². The van der Waals surface area contributed by atoms with E-state index in [1.165, 1.54) is 0 Å². The molecular formula is C18H16N2O2. The second kappa shape index (κ2) is 6.18. The molecule has 0 saturated carbocycles. The van der Waals surface area contributed by atoms with Crippen LogP contribution in [-0.2, 0) is 6.54 Å². The first-order valence-corrected chi connectivity index (χ1v) is 7.00. The third-order valence-corrected chi connectivity index (χ3v) is 3.33. The Labute approximate surface area is 128 Å². The van der Waals surface area contributed by atoms with Crippen LogP contribution in [0.15, 0.2) is 77.2 Å². The molecule has 0 aliphatic heterocycles. The van der Waals surface area contributed by atoms with Gasteiger partial charge in [0.05, 0.1) is 6.54 Å². The summed E-state index contributed by atoms with van der Waals surface area (Å²) in [6.07, 6.45) is 0. The van der Waals surface area contributed by atoms with Gasteiger partial charge in [-0.3, -0.25) is 4.79 Å². The van der Waals surface area contributed by atoms with Gasteiger partial charge in [0.25, 0.3) is 5.91 Å². The fourth-order valence-corrected chi connectivity index (χ4v) is 2.26. The van der Waals surface area contributed by atoms with E-state index in [-0.39, 0.29) is 17.6 Å². The minimum absolute atomic E-state index is 0.216. The normalized spacial score (nSPS) is 10.4. The predicted octanol–water partition coefficient (Wildman–Crippen LogP) is 3.71. The van der Waals surface area contributed by atoms with Crippen molar-refractivity contribution in [2.75, 3.05) is 10.6 Å². The van der Waals surface area contributed by atoms with Crippen molar-refractivity contribution >= 4 is 17.5 Å². The molecule has 4 nitrogen and oxygen atoms in total. The minimum Gasteiger partial charge on any atom is -0.436 e. The van der Waals surface area contributed by atoms with Gasteiger partial charge >= 0.3 is 0 Å². The van der Waals surface area contributed by atoms with E-state index in [9.17, 15) is 4.79 Å². The van der Waals surface area contributed by atoms with Gasteiger partial charge in [0.1, 0.15) is 0 Å². The maximum atomic E-state index is 12.7. The third-order valence-electron chi connectivity index (χ3n) is 3.33. The zero-order valence-electron chi connectivity index (χ0n) is 12.0. The SMILES string of the molecule is Nc1ccc(C(=O)N(Cc2ccccc2)c2ccccc2)o1. The number of nitrogens with zero attached hydrogens (tertiary/aromatic N) is 1. The van der Waals surface area contributed by atoms with Crippen LogP contribution >= 0.6 is 0 Å². The van der Waals surface area contributed by atoms with Gasteiger partial charge in [0, 0.05) is 11.8 Å². The van der Waals surface area contributed by atoms with Gasteiger partial charge in [-0.05, 0) is 23.8 Å². The minimum atomic E-state index is -0.216. The van der Waals surface area contributed by atoms with E-state index in [0.29, 0.717) is 6.54 Å². The molecule has 0 unspecified atom stereocenters. The Bertz CT molecular complexity index is 751. The molecule has 0 bridgehead atoms. The van der Waals surface area contributed by atoms with Crippen molar-refractivity contribution in [3.8, 4) is 0 Å². The number of nitrogen functional groups attached to an aromatic ring is 1. The average Bonchev–Trinajstić information content (AvgIpc) is 3.00. The highest BCUT2D eigenvalue weighted by Crippen LogP contribution is 2.21. The molecule has 0 aliphatic carbocycles. The Morgan fingerprint density at radius 1 is 0.909 bits per heavy atom. The average molecular weight is 292 g/mol. The Kier molecular flexibility index (Phi) is 3.92. The zero-order chi connectivity index (χ0) is 15.4. The van der Waals surface area contributed by atoms with Crippen molar-refractivity contribution in [2.24, 2.45) is 0 Å². The van der Waals surface area contributed by atoms with Crippen molar-refractivity contribution in [3.63, 3.8) is 0 Å². The first-order chi connectivity index (χ1) is 10.7. The van der Waals surface area contributed by atoms with Gasteiger partial charge < -0.3 is 15.1 Å². The smallest absolute Gasteiger partial charge is 0.294 e. The summed E-state index contributed by atoms with van der Waals surface area (Å²) in [6.45, 7) is 0.463. The number of hydrogen-bond acceptors (Lipinski definition) is 3. The molecule has 0 saturated heterocycles. The Morgan fingerprint density at radius 3 is 2.14 bits per heavy atom. The second-order valence-electron chi connectivity index (χ2n) is 4.91. The number of carbonyl (C=O) groups excluding carboxylic acids is 1. The molecule has 1 heterocycles. The molecule has 0 atom stereocenters. The molecule has 3 aromatic rings. The number of amides is 1. The monoisotopic (exact) mass is 292 g/mol. The van der Waals surface area contributed by atoms with E-state index >= 15 is 0 Å². The second-order valence-corrected chi connectivity index (χ2v) is 4.91. The van der Waals surface area contributed by atoms with Crippen LogP contribution in [0.2, 0.25) is 0 Å². The molecule has 2 aromatic carbocycles. The molecule has 0 fully saturated rings. The number of benzene rings is 2. The number of anilines is 2. The molecule has 110 valence electrons. The van der Waals surface area contributed by atoms with Crippen molar-refractivity contribution in [3.05, 3.63) is 84.1 Å². The molecule has 22 heavy (non-hydrogen) atoms. The fourth-order valence-electron chi connectivity index (χ4n) is 2.26. The summed E-state index contributed by atoms with van der Waals surface area (Å²) in [4.78, 5) is 14.4. The summed E-state index contributed by atoms with van der Waals surface area (Å²) in [5, 5.41) is 0. The Hall–Kier alpha value is -3.01. The lowest BCUT2D eigenvalue weighted by Crippen LogP contribution is -2.30. The number of nitrogens with two attached hydrogens (primary N) is 1. The predicted molar refractivity (Wildman–Crippen MR) is 86.5 cm³/mol. The van der Waals surface area contributed by atoms with Gasteiger partial charge in [-0.2, -0.15) is 0 Å². The largest absolute Gasteiger partial charge is 0.436 e. The van der Waals surface area contributed by atoms with Crippen molar-refractivity contribution in [1.29, 1.82) is 0 Å². The van der Waals surface area contributed by atoms with Crippen molar-refractivity contribution < 1.29 is 9.21 Å². The quantitative estimate of drug-likeness (QED) is 0.797. The molecular weight excluding hydrogens is 276 g/mol. The number of para-hydroxylation sites is 1. The highest BCUT2D eigenvalue weighted by atomic mass is 16.4. The first kappa shape index (κ1) is 13.9. The van der Waals surface area contributed by atoms with Crippen LogP contribution in [0, 0.1) is 0 Å². The van der Waals surface area contributed by atoms with E-state index in [1.54, 1.807) is 17.0 Å². The maximum absolute atomic E-state index is 12.7. The highest BCUT2D eigenvalue weighted by molar-refractivity contribution is 6.04. The van der Waals surface area contributed by atoms with Crippen LogP contribution in [0.5, 0.6) is 0 Å². The molecule has 0 radical (unpaired) electrons. The lowest BCUT2D eigenvalue weighted by molar-refractivity contribution is 0.0959. The molecule has 0 aliphatic rings. The van der Waals surface area contributed by atoms with Gasteiger partial charge in [-0.15, -0.1) is 0 Å². The summed E-state index contributed by atoms with van der Waals surface area (Å²) in [7, 11) is 0. The van der Waals surface area contributed by atoms with Gasteiger partial charge in [-0.25, -0.2) is 0 Å². The number of rotatable bonds is 4. The van der Waals surface area contributed by atoms with Crippen LogP contribution in [-0.4, -0.2) is 5.91 Å². The van der Waals surface area contributed by atoms with Gasteiger partial charge in [0.2, 0.25) is 0 Å². The molecule has 1 aromatic heterocycles. The van der Waals surface area contributed by atoms with Crippen LogP contribution in [0.4, 0.5) is 11.6 Å². The number of carbonyl (C=O) groups is 1. The van der Waals surface area contributed by atoms with Crippen LogP contribution in [0.3, 0.4) is 0 Å². The van der Waals surface area contributed by atoms with Crippen LogP contribution in [0.1, 0.15) is 16.1 Å².